The van der Waals surface area contributed by atoms with Crippen molar-refractivity contribution in [2.45, 2.75) is 27.0 Å². The van der Waals surface area contributed by atoms with Crippen LogP contribution in [0.5, 0.6) is 0 Å². The van der Waals surface area contributed by atoms with Gasteiger partial charge in [0.05, 0.1) is 21.6 Å². The number of aryl methyl sites for hydroxylation is 2. The molecule has 0 aliphatic carbocycles. The van der Waals surface area contributed by atoms with E-state index in [9.17, 15) is 9.59 Å². The summed E-state index contributed by atoms with van der Waals surface area (Å²) < 4.78 is 7.68. The van der Waals surface area contributed by atoms with Crippen LogP contribution in [0.2, 0.25) is 5.02 Å². The van der Waals surface area contributed by atoms with Crippen LogP contribution in [0.3, 0.4) is 0 Å². The highest BCUT2D eigenvalue weighted by Crippen LogP contribution is 2.35. The van der Waals surface area contributed by atoms with Gasteiger partial charge in [-0.2, -0.15) is 0 Å². The van der Waals surface area contributed by atoms with Crippen LogP contribution in [0, 0.1) is 13.8 Å². The van der Waals surface area contributed by atoms with Gasteiger partial charge in [-0.1, -0.05) is 29.8 Å². The minimum absolute atomic E-state index is 0.0814. The Morgan fingerprint density at radius 2 is 2.04 bits per heavy atom. The van der Waals surface area contributed by atoms with E-state index < -0.39 is 5.97 Å². The molecule has 0 atom stereocenters. The van der Waals surface area contributed by atoms with Gasteiger partial charge in [-0.25, -0.2) is 4.98 Å². The number of ether oxygens (including phenoxy) is 1. The number of hydrogen-bond acceptors (Lipinski definition) is 6. The molecule has 0 saturated heterocycles. The lowest BCUT2D eigenvalue weighted by atomic mass is 10.2. The Labute approximate surface area is 167 Å². The molecule has 0 saturated carbocycles. The maximum atomic E-state index is 12.6. The quantitative estimate of drug-likeness (QED) is 0.451. The van der Waals surface area contributed by atoms with Gasteiger partial charge in [0.25, 0.3) is 5.56 Å². The molecule has 0 N–H and O–H groups in total. The first-order chi connectivity index (χ1) is 13.0. The molecule has 0 spiro atoms. The summed E-state index contributed by atoms with van der Waals surface area (Å²) in [6.45, 7) is 3.74. The van der Waals surface area contributed by atoms with Crippen LogP contribution in [-0.2, 0) is 22.7 Å². The zero-order chi connectivity index (χ0) is 19.1. The zero-order valence-electron chi connectivity index (χ0n) is 14.6. The van der Waals surface area contributed by atoms with Crippen molar-refractivity contribution in [3.8, 4) is 0 Å². The van der Waals surface area contributed by atoms with Gasteiger partial charge in [0.2, 0.25) is 0 Å². The fourth-order valence-corrected chi connectivity index (χ4v) is 5.26. The predicted molar refractivity (Wildman–Crippen MR) is 110 cm³/mol. The van der Waals surface area contributed by atoms with E-state index in [0.717, 1.165) is 25.4 Å². The van der Waals surface area contributed by atoms with Gasteiger partial charge in [-0.3, -0.25) is 14.2 Å². The molecule has 3 heterocycles. The molecule has 0 bridgehead atoms. The molecule has 0 aliphatic rings. The van der Waals surface area contributed by atoms with Gasteiger partial charge in [0, 0.05) is 15.0 Å². The first kappa shape index (κ1) is 18.2. The normalized spacial score (nSPS) is 11.4. The highest BCUT2D eigenvalue weighted by molar-refractivity contribution is 7.19. The number of aromatic nitrogens is 2. The summed E-state index contributed by atoms with van der Waals surface area (Å²) in [4.78, 5) is 31.7. The van der Waals surface area contributed by atoms with Crippen molar-refractivity contribution in [3.05, 3.63) is 61.3 Å². The smallest absolute Gasteiger partial charge is 0.326 e. The summed E-state index contributed by atoms with van der Waals surface area (Å²) in [5.41, 5.74) is 0.686. The van der Waals surface area contributed by atoms with Crippen molar-refractivity contribution in [3.63, 3.8) is 0 Å². The van der Waals surface area contributed by atoms with Gasteiger partial charge >= 0.3 is 5.97 Å². The number of esters is 1. The van der Waals surface area contributed by atoms with Crippen molar-refractivity contribution in [2.75, 3.05) is 0 Å². The van der Waals surface area contributed by atoms with E-state index in [4.69, 9.17) is 16.3 Å². The number of fused-ring (bicyclic) bond motifs is 2. The molecule has 3 aromatic heterocycles. The van der Waals surface area contributed by atoms with Gasteiger partial charge in [-0.15, -0.1) is 22.7 Å². The molecule has 27 heavy (non-hydrogen) atoms. The molecule has 138 valence electrons. The van der Waals surface area contributed by atoms with Crippen LogP contribution in [0.15, 0.2) is 35.4 Å². The lowest BCUT2D eigenvalue weighted by molar-refractivity contribution is -0.145. The van der Waals surface area contributed by atoms with Gasteiger partial charge in [0.15, 0.2) is 0 Å². The first-order valence-corrected chi connectivity index (χ1v) is 10.2. The maximum Gasteiger partial charge on any atom is 0.326 e. The fraction of sp³-hybridized carbons (Fsp3) is 0.211. The number of carbonyl (C=O) groups is 1. The number of rotatable bonds is 4. The molecule has 0 fully saturated rings. The summed E-state index contributed by atoms with van der Waals surface area (Å²) in [7, 11) is 0. The Bertz CT molecular complexity index is 1240. The molecular weight excluding hydrogens is 404 g/mol. The van der Waals surface area contributed by atoms with E-state index in [1.54, 1.807) is 0 Å². The van der Waals surface area contributed by atoms with Crippen molar-refractivity contribution in [1.29, 1.82) is 0 Å². The van der Waals surface area contributed by atoms with Crippen molar-refractivity contribution in [2.24, 2.45) is 0 Å². The van der Waals surface area contributed by atoms with E-state index >= 15 is 0 Å². The van der Waals surface area contributed by atoms with Gasteiger partial charge in [0.1, 0.15) is 18.0 Å². The fourth-order valence-electron chi connectivity index (χ4n) is 2.87. The maximum absolute atomic E-state index is 12.6. The summed E-state index contributed by atoms with van der Waals surface area (Å²) in [6, 6.07) is 7.77. The summed E-state index contributed by atoms with van der Waals surface area (Å²) in [5, 5.41) is 2.12. The number of benzene rings is 1. The van der Waals surface area contributed by atoms with Crippen LogP contribution >= 0.6 is 34.3 Å². The first-order valence-electron chi connectivity index (χ1n) is 8.22. The molecule has 1 aromatic carbocycles. The number of halogens is 1. The third kappa shape index (κ3) is 3.26. The molecule has 4 rings (SSSR count). The SMILES string of the molecule is Cc1sc2ncn(CC(=O)OCc3sc4ccccc4c3Cl)c(=O)c2c1C. The van der Waals surface area contributed by atoms with Crippen LogP contribution in [0.4, 0.5) is 0 Å². The molecule has 0 radical (unpaired) electrons. The third-order valence-corrected chi connectivity index (χ3v) is 7.22. The van der Waals surface area contributed by atoms with Gasteiger partial charge in [-0.05, 0) is 25.5 Å². The lowest BCUT2D eigenvalue weighted by Gasteiger charge is -2.06. The molecule has 8 heteroatoms. The molecule has 5 nitrogen and oxygen atoms in total. The highest BCUT2D eigenvalue weighted by atomic mass is 35.5. The Hall–Kier alpha value is -2.22. The van der Waals surface area contributed by atoms with Crippen molar-refractivity contribution >= 4 is 60.5 Å². The minimum Gasteiger partial charge on any atom is -0.459 e. The second-order valence-corrected chi connectivity index (χ2v) is 8.85. The molecule has 0 amide bonds. The summed E-state index contributed by atoms with van der Waals surface area (Å²) in [6.07, 6.45) is 1.40. The Balaban J connectivity index is 1.52. The summed E-state index contributed by atoms with van der Waals surface area (Å²) >= 11 is 9.34. The lowest BCUT2D eigenvalue weighted by Crippen LogP contribution is -2.25. The van der Waals surface area contributed by atoms with Crippen molar-refractivity contribution < 1.29 is 9.53 Å². The third-order valence-electron chi connectivity index (χ3n) is 4.42. The average Bonchev–Trinajstić information content (AvgIpc) is 3.13. The van der Waals surface area contributed by atoms with E-state index in [-0.39, 0.29) is 18.7 Å². The minimum atomic E-state index is -0.503. The van der Waals surface area contributed by atoms with Crippen molar-refractivity contribution in [1.82, 2.24) is 9.55 Å². The molecule has 0 aliphatic heterocycles. The van der Waals surface area contributed by atoms with Crippen LogP contribution < -0.4 is 5.56 Å². The standard InChI is InChI=1S/C19H15ClN2O3S2/c1-10-11(2)26-18-16(10)19(24)22(9-21-18)7-15(23)25-8-14-17(20)12-5-3-4-6-13(12)27-14/h3-6,9H,7-8H2,1-2H3. The molecule has 4 aromatic rings. The highest BCUT2D eigenvalue weighted by Gasteiger charge is 2.16. The Morgan fingerprint density at radius 3 is 2.81 bits per heavy atom. The number of thiophene rings is 2. The van der Waals surface area contributed by atoms with Gasteiger partial charge < -0.3 is 4.74 Å². The Kier molecular flexibility index (Phi) is 4.75. The zero-order valence-corrected chi connectivity index (χ0v) is 17.0. The van der Waals surface area contributed by atoms with Crippen LogP contribution in [-0.4, -0.2) is 15.5 Å². The number of nitrogens with zero attached hydrogens (tertiary/aromatic N) is 2. The van der Waals surface area contributed by atoms with E-state index in [2.05, 4.69) is 4.98 Å². The summed E-state index contributed by atoms with van der Waals surface area (Å²) in [5.74, 6) is -0.503. The van der Waals surface area contributed by atoms with Crippen LogP contribution in [0.25, 0.3) is 20.3 Å². The largest absolute Gasteiger partial charge is 0.459 e. The second-order valence-electron chi connectivity index (χ2n) is 6.14. The van der Waals surface area contributed by atoms with E-state index in [0.29, 0.717) is 15.2 Å². The molecule has 0 unspecified atom stereocenters. The predicted octanol–water partition coefficient (Wildman–Crippen LogP) is 4.69. The topological polar surface area (TPSA) is 61.2 Å². The van der Waals surface area contributed by atoms with E-state index in [1.165, 1.54) is 33.6 Å². The van der Waals surface area contributed by atoms with Crippen LogP contribution in [0.1, 0.15) is 15.3 Å². The molecular formula is C19H15ClN2O3S2. The van der Waals surface area contributed by atoms with E-state index in [1.807, 2.05) is 38.1 Å². The monoisotopic (exact) mass is 418 g/mol. The Morgan fingerprint density at radius 1 is 1.26 bits per heavy atom. The number of hydrogen-bond donors (Lipinski definition) is 0. The average molecular weight is 419 g/mol. The number of carbonyl (C=O) groups excluding carboxylic acids is 1. The second kappa shape index (κ2) is 7.07.